The molecule has 1 aliphatic rings. The van der Waals surface area contributed by atoms with Crippen molar-refractivity contribution in [2.45, 2.75) is 44.6 Å². The highest BCUT2D eigenvalue weighted by molar-refractivity contribution is 7.92. The van der Waals surface area contributed by atoms with Crippen LogP contribution in [0.5, 0.6) is 5.75 Å². The monoisotopic (exact) mass is 540 g/mol. The van der Waals surface area contributed by atoms with E-state index in [0.29, 0.717) is 42.5 Å². The normalized spacial score (nSPS) is 14.4. The number of anilines is 2. The van der Waals surface area contributed by atoms with Crippen molar-refractivity contribution < 1.29 is 22.3 Å². The number of hydrogen-bond donors (Lipinski definition) is 1. The van der Waals surface area contributed by atoms with Crippen LogP contribution < -0.4 is 15.4 Å². The summed E-state index contributed by atoms with van der Waals surface area (Å²) in [4.78, 5) is 24.1. The molecule has 0 saturated carbocycles. The Labute approximate surface area is 223 Å². The fourth-order valence-electron chi connectivity index (χ4n) is 4.34. The Morgan fingerprint density at radius 3 is 2.47 bits per heavy atom. The molecule has 0 aliphatic carbocycles. The van der Waals surface area contributed by atoms with Crippen LogP contribution >= 0.6 is 0 Å². The number of sulfone groups is 1. The summed E-state index contributed by atoms with van der Waals surface area (Å²) >= 11 is 0. The Morgan fingerprint density at radius 1 is 1.05 bits per heavy atom. The van der Waals surface area contributed by atoms with E-state index in [-0.39, 0.29) is 22.3 Å². The second-order valence-corrected chi connectivity index (χ2v) is 11.9. The van der Waals surface area contributed by atoms with Crippen LogP contribution in [-0.4, -0.2) is 49.6 Å². The van der Waals surface area contributed by atoms with Crippen molar-refractivity contribution in [1.82, 2.24) is 9.97 Å². The first-order valence-corrected chi connectivity index (χ1v) is 14.5. The number of ketones is 1. The number of halogens is 1. The molecule has 3 heterocycles. The van der Waals surface area contributed by atoms with Crippen LogP contribution in [-0.2, 0) is 9.84 Å². The molecule has 0 atom stereocenters. The number of nitrogens with two attached hydrogens (primary N) is 1. The van der Waals surface area contributed by atoms with Gasteiger partial charge in [0.1, 0.15) is 29.0 Å². The number of ether oxygens (including phenoxy) is 1. The van der Waals surface area contributed by atoms with Gasteiger partial charge in [0.15, 0.2) is 10.8 Å². The fraction of sp³-hybridized carbons (Fsp3) is 0.393. The van der Waals surface area contributed by atoms with E-state index >= 15 is 0 Å². The highest BCUT2D eigenvalue weighted by atomic mass is 32.2. The Kier molecular flexibility index (Phi) is 8.61. The third-order valence-corrected chi connectivity index (χ3v) is 7.72. The van der Waals surface area contributed by atoms with Gasteiger partial charge in [-0.15, -0.1) is 0 Å². The molecular formula is C28H33FN4O4S. The number of hydrogen-bond acceptors (Lipinski definition) is 8. The zero-order valence-corrected chi connectivity index (χ0v) is 22.5. The quantitative estimate of drug-likeness (QED) is 0.380. The van der Waals surface area contributed by atoms with Gasteiger partial charge in [-0.2, -0.15) is 0 Å². The lowest BCUT2D eigenvalue weighted by molar-refractivity contribution is 0.102. The molecule has 0 unspecified atom stereocenters. The maximum atomic E-state index is 14.5. The molecule has 8 nitrogen and oxygen atoms in total. The van der Waals surface area contributed by atoms with Crippen LogP contribution in [0.1, 0.15) is 49.9 Å². The third kappa shape index (κ3) is 6.86. The van der Waals surface area contributed by atoms with E-state index in [9.17, 15) is 17.6 Å². The lowest BCUT2D eigenvalue weighted by Gasteiger charge is -2.24. The number of rotatable bonds is 9. The van der Waals surface area contributed by atoms with Crippen molar-refractivity contribution in [2.75, 3.05) is 36.1 Å². The number of benzene rings is 1. The summed E-state index contributed by atoms with van der Waals surface area (Å²) in [7, 11) is -4.02. The fourth-order valence-corrected chi connectivity index (χ4v) is 5.51. The number of carbonyl (C=O) groups excluding carboxylic acids is 1. The highest BCUT2D eigenvalue weighted by Gasteiger charge is 2.27. The van der Waals surface area contributed by atoms with E-state index in [0.717, 1.165) is 25.7 Å². The Balaban J connectivity index is 1.71. The predicted octanol–water partition coefficient (Wildman–Crippen LogP) is 4.94. The van der Waals surface area contributed by atoms with Crippen molar-refractivity contribution in [2.24, 2.45) is 5.92 Å². The van der Waals surface area contributed by atoms with Gasteiger partial charge in [-0.05, 0) is 55.2 Å². The van der Waals surface area contributed by atoms with Crippen LogP contribution in [0.4, 0.5) is 16.0 Å². The molecule has 0 amide bonds. The highest BCUT2D eigenvalue weighted by Crippen LogP contribution is 2.30. The number of Topliss-reactive ketones (excluding diaryl/α,β-unsaturated/α-hetero) is 1. The minimum atomic E-state index is -4.02. The topological polar surface area (TPSA) is 115 Å². The van der Waals surface area contributed by atoms with Crippen molar-refractivity contribution in [3.05, 3.63) is 59.9 Å². The van der Waals surface area contributed by atoms with E-state index in [1.165, 1.54) is 30.3 Å². The minimum Gasteiger partial charge on any atom is -0.493 e. The van der Waals surface area contributed by atoms with Crippen LogP contribution in [0.2, 0.25) is 0 Å². The van der Waals surface area contributed by atoms with E-state index < -0.39 is 27.2 Å². The summed E-state index contributed by atoms with van der Waals surface area (Å²) < 4.78 is 46.1. The van der Waals surface area contributed by atoms with Crippen LogP contribution in [0, 0.1) is 11.7 Å². The van der Waals surface area contributed by atoms with Crippen molar-refractivity contribution in [3.8, 4) is 17.0 Å². The first-order valence-electron chi connectivity index (χ1n) is 12.8. The van der Waals surface area contributed by atoms with E-state index in [1.807, 2.05) is 18.7 Å². The maximum Gasteiger partial charge on any atom is 0.203 e. The van der Waals surface area contributed by atoms with E-state index in [2.05, 4.69) is 4.98 Å². The standard InChI is InChI=1S/C28H33FN4O4S/c1-19(2)17-37-22-15-20(14-21(29)16-22)24-11-10-23(28(31-24)33-12-5-3-4-6-13-33)25(34)18-38(35,36)27-9-7-8-26(30)32-27/h7-11,14-16,19H,3-6,12-13,17-18H2,1-2H3,(H2,30,32). The molecule has 2 aromatic heterocycles. The molecule has 1 fully saturated rings. The average Bonchev–Trinajstić information content (AvgIpc) is 3.16. The molecule has 3 aromatic rings. The summed E-state index contributed by atoms with van der Waals surface area (Å²) in [5.74, 6) is -0.682. The molecule has 0 spiro atoms. The van der Waals surface area contributed by atoms with Crippen molar-refractivity contribution >= 4 is 27.3 Å². The molecule has 10 heteroatoms. The molecule has 2 N–H and O–H groups in total. The summed E-state index contributed by atoms with van der Waals surface area (Å²) in [5, 5.41) is -0.250. The zero-order valence-electron chi connectivity index (χ0n) is 21.7. The van der Waals surface area contributed by atoms with Gasteiger partial charge < -0.3 is 15.4 Å². The van der Waals surface area contributed by atoms with Crippen LogP contribution in [0.25, 0.3) is 11.3 Å². The Hall–Kier alpha value is -3.53. The van der Waals surface area contributed by atoms with Gasteiger partial charge in [0.2, 0.25) is 9.84 Å². The molecule has 0 bridgehead atoms. The van der Waals surface area contributed by atoms with Crippen molar-refractivity contribution in [3.63, 3.8) is 0 Å². The number of pyridine rings is 2. The SMILES string of the molecule is CC(C)COc1cc(F)cc(-c2ccc(C(=O)CS(=O)(=O)c3cccc(N)n3)c(N3CCCCCC3)n2)c1. The molecule has 0 radical (unpaired) electrons. The molecule has 1 aromatic carbocycles. The smallest absolute Gasteiger partial charge is 0.203 e. The van der Waals surface area contributed by atoms with Gasteiger partial charge in [-0.3, -0.25) is 4.79 Å². The number of nitrogens with zero attached hydrogens (tertiary/aromatic N) is 3. The summed E-state index contributed by atoms with van der Waals surface area (Å²) in [6.07, 6.45) is 3.99. The zero-order chi connectivity index (χ0) is 27.3. The Bertz CT molecular complexity index is 1400. The number of carbonyl (C=O) groups is 1. The summed E-state index contributed by atoms with van der Waals surface area (Å²) in [6.45, 7) is 5.83. The minimum absolute atomic E-state index is 0.0571. The van der Waals surface area contributed by atoms with Crippen LogP contribution in [0.3, 0.4) is 0 Å². The number of nitrogen functional groups attached to an aromatic ring is 1. The van der Waals surface area contributed by atoms with Crippen LogP contribution in [0.15, 0.2) is 53.6 Å². The van der Waals surface area contributed by atoms with Gasteiger partial charge in [-0.25, -0.2) is 22.8 Å². The Morgan fingerprint density at radius 2 is 1.79 bits per heavy atom. The third-order valence-electron chi connectivity index (χ3n) is 6.22. The van der Waals surface area contributed by atoms with Gasteiger partial charge in [0, 0.05) is 24.7 Å². The summed E-state index contributed by atoms with van der Waals surface area (Å²) in [6, 6.07) is 11.9. The van der Waals surface area contributed by atoms with E-state index in [4.69, 9.17) is 15.5 Å². The summed E-state index contributed by atoms with van der Waals surface area (Å²) in [5.41, 5.74) is 6.83. The first kappa shape index (κ1) is 27.5. The first-order chi connectivity index (χ1) is 18.1. The predicted molar refractivity (Wildman–Crippen MR) is 146 cm³/mol. The molecule has 1 aliphatic heterocycles. The van der Waals surface area contributed by atoms with E-state index in [1.54, 1.807) is 18.2 Å². The molecule has 1 saturated heterocycles. The second-order valence-electron chi connectivity index (χ2n) is 9.93. The average molecular weight is 541 g/mol. The van der Waals surface area contributed by atoms with Gasteiger partial charge in [0.05, 0.1) is 17.9 Å². The van der Waals surface area contributed by atoms with Gasteiger partial charge in [-0.1, -0.05) is 32.8 Å². The lowest BCUT2D eigenvalue weighted by Crippen LogP contribution is -2.28. The maximum absolute atomic E-state index is 14.5. The number of aromatic nitrogens is 2. The molecule has 38 heavy (non-hydrogen) atoms. The van der Waals surface area contributed by atoms with Crippen molar-refractivity contribution in [1.29, 1.82) is 0 Å². The van der Waals surface area contributed by atoms with Gasteiger partial charge in [0.25, 0.3) is 0 Å². The van der Waals surface area contributed by atoms with Gasteiger partial charge >= 0.3 is 0 Å². The second kappa shape index (κ2) is 11.9. The lowest BCUT2D eigenvalue weighted by atomic mass is 10.1. The molecule has 202 valence electrons. The largest absolute Gasteiger partial charge is 0.493 e. The molecule has 4 rings (SSSR count). The molecular weight excluding hydrogens is 507 g/mol.